The van der Waals surface area contributed by atoms with Gasteiger partial charge in [-0.1, -0.05) is 13.0 Å². The molecular weight excluding hydrogens is 273 g/mol. The average molecular weight is 295 g/mol. The predicted octanol–water partition coefficient (Wildman–Crippen LogP) is 2.56. The molecule has 0 aromatic heterocycles. The number of hydrogen-bond acceptors (Lipinski definition) is 3. The van der Waals surface area contributed by atoms with Crippen molar-refractivity contribution in [3.8, 4) is 5.75 Å². The molecule has 1 aliphatic rings. The number of benzene rings is 1. The van der Waals surface area contributed by atoms with Crippen LogP contribution in [0.4, 0.5) is 4.39 Å². The van der Waals surface area contributed by atoms with Gasteiger partial charge < -0.3 is 9.84 Å². The van der Waals surface area contributed by atoms with Crippen molar-refractivity contribution in [2.45, 2.75) is 32.2 Å². The van der Waals surface area contributed by atoms with Gasteiger partial charge in [-0.25, -0.2) is 4.39 Å². The number of ether oxygens (including phenoxy) is 1. The van der Waals surface area contributed by atoms with Crippen LogP contribution < -0.4 is 4.74 Å². The standard InChI is InChI=1S/C16H22FNO3/c1-11(10-18-7-3-4-14(18)16(19)20)8-12-5-6-15(21-2)13(17)9-12/h5-6,9,11,14H,3-4,7-8,10H2,1-2H3,(H,19,20)/t11?,14-/m0/s1. The summed E-state index contributed by atoms with van der Waals surface area (Å²) < 4.78 is 18.6. The third kappa shape index (κ3) is 3.94. The van der Waals surface area contributed by atoms with Gasteiger partial charge in [-0.15, -0.1) is 0 Å². The van der Waals surface area contributed by atoms with Gasteiger partial charge in [0.2, 0.25) is 0 Å². The fraction of sp³-hybridized carbons (Fsp3) is 0.562. The molecule has 1 saturated heterocycles. The van der Waals surface area contributed by atoms with E-state index in [0.29, 0.717) is 0 Å². The highest BCUT2D eigenvalue weighted by atomic mass is 19.1. The second-order valence-corrected chi connectivity index (χ2v) is 5.77. The molecule has 1 heterocycles. The SMILES string of the molecule is COc1ccc(CC(C)CN2CCC[C@H]2C(=O)O)cc1F. The van der Waals surface area contributed by atoms with Crippen LogP contribution in [0.2, 0.25) is 0 Å². The van der Waals surface area contributed by atoms with Crippen LogP contribution >= 0.6 is 0 Å². The lowest BCUT2D eigenvalue weighted by Crippen LogP contribution is -2.38. The molecule has 1 aliphatic heterocycles. The Hall–Kier alpha value is -1.62. The van der Waals surface area contributed by atoms with Gasteiger partial charge in [0.1, 0.15) is 6.04 Å². The number of methoxy groups -OCH3 is 1. The molecule has 21 heavy (non-hydrogen) atoms. The summed E-state index contributed by atoms with van der Waals surface area (Å²) in [6.07, 6.45) is 2.38. The van der Waals surface area contributed by atoms with E-state index in [1.165, 1.54) is 13.2 Å². The first kappa shape index (κ1) is 15.8. The van der Waals surface area contributed by atoms with Gasteiger partial charge in [0, 0.05) is 6.54 Å². The van der Waals surface area contributed by atoms with Gasteiger partial charge in [0.05, 0.1) is 7.11 Å². The molecule has 0 aliphatic carbocycles. The summed E-state index contributed by atoms with van der Waals surface area (Å²) >= 11 is 0. The molecule has 1 aromatic carbocycles. The van der Waals surface area contributed by atoms with E-state index in [-0.39, 0.29) is 23.5 Å². The van der Waals surface area contributed by atoms with Crippen LogP contribution in [0.15, 0.2) is 18.2 Å². The quantitative estimate of drug-likeness (QED) is 0.876. The number of likely N-dealkylation sites (tertiary alicyclic amines) is 1. The van der Waals surface area contributed by atoms with Crippen molar-refractivity contribution in [3.05, 3.63) is 29.6 Å². The Morgan fingerprint density at radius 3 is 2.95 bits per heavy atom. The summed E-state index contributed by atoms with van der Waals surface area (Å²) in [5, 5.41) is 9.18. The van der Waals surface area contributed by atoms with Gasteiger partial charge in [0.25, 0.3) is 0 Å². The van der Waals surface area contributed by atoms with E-state index in [1.807, 2.05) is 11.0 Å². The molecule has 1 aromatic rings. The van der Waals surface area contributed by atoms with E-state index >= 15 is 0 Å². The van der Waals surface area contributed by atoms with Crippen molar-refractivity contribution in [1.29, 1.82) is 0 Å². The molecule has 0 radical (unpaired) electrons. The lowest BCUT2D eigenvalue weighted by atomic mass is 10.00. The maximum Gasteiger partial charge on any atom is 0.320 e. The minimum Gasteiger partial charge on any atom is -0.494 e. The van der Waals surface area contributed by atoms with Crippen LogP contribution in [0.3, 0.4) is 0 Å². The lowest BCUT2D eigenvalue weighted by molar-refractivity contribution is -0.142. The highest BCUT2D eigenvalue weighted by Crippen LogP contribution is 2.22. The summed E-state index contributed by atoms with van der Waals surface area (Å²) in [7, 11) is 1.44. The zero-order valence-corrected chi connectivity index (χ0v) is 12.5. The normalized spacial score (nSPS) is 20.4. The lowest BCUT2D eigenvalue weighted by Gasteiger charge is -2.24. The van der Waals surface area contributed by atoms with Crippen molar-refractivity contribution in [2.24, 2.45) is 5.92 Å². The van der Waals surface area contributed by atoms with E-state index < -0.39 is 5.97 Å². The Kier molecular flexibility index (Phi) is 5.17. The van der Waals surface area contributed by atoms with Crippen molar-refractivity contribution in [3.63, 3.8) is 0 Å². The van der Waals surface area contributed by atoms with Crippen molar-refractivity contribution in [2.75, 3.05) is 20.2 Å². The first-order valence-electron chi connectivity index (χ1n) is 7.30. The summed E-state index contributed by atoms with van der Waals surface area (Å²) in [4.78, 5) is 13.2. The Labute approximate surface area is 124 Å². The number of hydrogen-bond donors (Lipinski definition) is 1. The number of halogens is 1. The van der Waals surface area contributed by atoms with Crippen molar-refractivity contribution < 1.29 is 19.0 Å². The first-order valence-corrected chi connectivity index (χ1v) is 7.30. The molecule has 1 unspecified atom stereocenters. The number of rotatable bonds is 6. The van der Waals surface area contributed by atoms with Gasteiger partial charge in [0.15, 0.2) is 11.6 Å². The smallest absolute Gasteiger partial charge is 0.320 e. The molecular formula is C16H22FNO3. The second-order valence-electron chi connectivity index (χ2n) is 5.77. The average Bonchev–Trinajstić information content (AvgIpc) is 2.87. The van der Waals surface area contributed by atoms with Crippen LogP contribution in [-0.4, -0.2) is 42.2 Å². The molecule has 0 amide bonds. The van der Waals surface area contributed by atoms with Crippen molar-refractivity contribution >= 4 is 5.97 Å². The number of aliphatic carboxylic acids is 1. The van der Waals surface area contributed by atoms with E-state index in [0.717, 1.165) is 37.9 Å². The Balaban J connectivity index is 1.94. The molecule has 4 nitrogen and oxygen atoms in total. The van der Waals surface area contributed by atoms with E-state index in [1.54, 1.807) is 6.07 Å². The zero-order chi connectivity index (χ0) is 15.4. The number of carboxylic acid groups (broad SMARTS) is 1. The second kappa shape index (κ2) is 6.89. The topological polar surface area (TPSA) is 49.8 Å². The molecule has 1 fully saturated rings. The molecule has 1 N–H and O–H groups in total. The first-order chi connectivity index (χ1) is 10.0. The number of nitrogens with zero attached hydrogens (tertiary/aromatic N) is 1. The Bertz CT molecular complexity index is 506. The molecule has 5 heteroatoms. The van der Waals surface area contributed by atoms with Gasteiger partial charge in [-0.2, -0.15) is 0 Å². The number of carboxylic acids is 1. The molecule has 2 rings (SSSR count). The minimum absolute atomic E-state index is 0.247. The summed E-state index contributed by atoms with van der Waals surface area (Å²) in [5.74, 6) is -0.573. The van der Waals surface area contributed by atoms with Gasteiger partial charge in [-0.05, 0) is 49.4 Å². The van der Waals surface area contributed by atoms with Crippen LogP contribution in [-0.2, 0) is 11.2 Å². The monoisotopic (exact) mass is 295 g/mol. The van der Waals surface area contributed by atoms with E-state index in [4.69, 9.17) is 4.74 Å². The predicted molar refractivity (Wildman–Crippen MR) is 78.1 cm³/mol. The highest BCUT2D eigenvalue weighted by molar-refractivity contribution is 5.73. The molecule has 0 bridgehead atoms. The fourth-order valence-corrected chi connectivity index (χ4v) is 3.03. The van der Waals surface area contributed by atoms with Crippen molar-refractivity contribution in [1.82, 2.24) is 4.90 Å². The molecule has 0 saturated carbocycles. The van der Waals surface area contributed by atoms with Gasteiger partial charge in [-0.3, -0.25) is 9.69 Å². The number of carbonyl (C=O) groups is 1. The van der Waals surface area contributed by atoms with E-state index in [9.17, 15) is 14.3 Å². The fourth-order valence-electron chi connectivity index (χ4n) is 3.03. The van der Waals surface area contributed by atoms with Crippen LogP contribution in [0.5, 0.6) is 5.75 Å². The van der Waals surface area contributed by atoms with E-state index in [2.05, 4.69) is 6.92 Å². The summed E-state index contributed by atoms with van der Waals surface area (Å²) in [5.41, 5.74) is 0.909. The van der Waals surface area contributed by atoms with Crippen LogP contribution in [0.1, 0.15) is 25.3 Å². The zero-order valence-electron chi connectivity index (χ0n) is 12.5. The third-order valence-corrected chi connectivity index (χ3v) is 4.00. The molecule has 2 atom stereocenters. The minimum atomic E-state index is -0.741. The summed E-state index contributed by atoms with van der Waals surface area (Å²) in [6, 6.07) is 4.62. The molecule has 0 spiro atoms. The third-order valence-electron chi connectivity index (χ3n) is 4.00. The maximum atomic E-state index is 13.7. The maximum absolute atomic E-state index is 13.7. The summed E-state index contributed by atoms with van der Waals surface area (Å²) in [6.45, 7) is 3.63. The van der Waals surface area contributed by atoms with Crippen LogP contribution in [0.25, 0.3) is 0 Å². The highest BCUT2D eigenvalue weighted by Gasteiger charge is 2.31. The Morgan fingerprint density at radius 1 is 1.57 bits per heavy atom. The largest absolute Gasteiger partial charge is 0.494 e. The van der Waals surface area contributed by atoms with Gasteiger partial charge >= 0.3 is 5.97 Å². The Morgan fingerprint density at radius 2 is 2.33 bits per heavy atom. The van der Waals surface area contributed by atoms with Crippen LogP contribution in [0, 0.1) is 11.7 Å². The molecule has 116 valence electrons.